The fraction of sp³-hybridized carbons (Fsp3) is 0.238. The minimum absolute atomic E-state index is 0.0378. The molecule has 0 saturated carbocycles. The summed E-state index contributed by atoms with van der Waals surface area (Å²) in [6.07, 6.45) is 0.568. The fourth-order valence-corrected chi connectivity index (χ4v) is 3.23. The lowest BCUT2D eigenvalue weighted by Gasteiger charge is -2.25. The van der Waals surface area contributed by atoms with Gasteiger partial charge in [0.25, 0.3) is 0 Å². The van der Waals surface area contributed by atoms with Gasteiger partial charge in [0.2, 0.25) is 0 Å². The number of fused-ring (bicyclic) bond motifs is 1. The quantitative estimate of drug-likeness (QED) is 0.404. The van der Waals surface area contributed by atoms with Crippen LogP contribution in [-0.4, -0.2) is 25.0 Å². The van der Waals surface area contributed by atoms with E-state index in [4.69, 9.17) is 5.26 Å². The van der Waals surface area contributed by atoms with Gasteiger partial charge in [0.1, 0.15) is 29.5 Å². The molecule has 3 N–H and O–H groups in total. The lowest BCUT2D eigenvalue weighted by molar-refractivity contribution is 0.370. The summed E-state index contributed by atoms with van der Waals surface area (Å²) in [6.45, 7) is 5.47. The minimum Gasteiger partial charge on any atom is -0.510 e. The zero-order valence-electron chi connectivity index (χ0n) is 15.8. The van der Waals surface area contributed by atoms with Crippen molar-refractivity contribution in [3.05, 3.63) is 70.4 Å². The summed E-state index contributed by atoms with van der Waals surface area (Å²) < 4.78 is 14.0. The van der Waals surface area contributed by atoms with Crippen molar-refractivity contribution in [2.24, 2.45) is 5.10 Å². The normalized spacial score (nSPS) is 15.9. The van der Waals surface area contributed by atoms with E-state index in [0.717, 1.165) is 5.56 Å². The molecule has 1 unspecified atom stereocenters. The Hall–Kier alpha value is -3.53. The number of halogens is 1. The first kappa shape index (κ1) is 19.2. The van der Waals surface area contributed by atoms with Crippen LogP contribution in [0.4, 0.5) is 15.8 Å². The maximum atomic E-state index is 14.0. The van der Waals surface area contributed by atoms with E-state index in [2.05, 4.69) is 22.6 Å². The summed E-state index contributed by atoms with van der Waals surface area (Å²) in [6, 6.07) is 12.7. The number of nitrogens with one attached hydrogen (secondary N) is 2. The van der Waals surface area contributed by atoms with Gasteiger partial charge in [0.05, 0.1) is 16.9 Å². The standard InChI is InChI=1S/C21H22FN5O/c1-13-4-6-14(7-5-13)8-9-19(28)20(26-24-2)21-25-17-10-15(12-23)16(22)11-18(17)27(21)3/h4-7,10-11,21,25-26,28H,2,8-9H2,1,3H3/b20-19+. The average Bonchev–Trinajstić information content (AvgIpc) is 3.00. The largest absolute Gasteiger partial charge is 0.510 e. The first-order valence-corrected chi connectivity index (χ1v) is 8.87. The number of aryl methyl sites for hydroxylation is 2. The van der Waals surface area contributed by atoms with Crippen LogP contribution in [0.15, 0.2) is 53.0 Å². The molecule has 0 radical (unpaired) electrons. The molecule has 2 aromatic rings. The van der Waals surface area contributed by atoms with Crippen LogP contribution in [-0.2, 0) is 6.42 Å². The number of nitrogens with zero attached hydrogens (tertiary/aromatic N) is 3. The fourth-order valence-electron chi connectivity index (χ4n) is 3.23. The molecule has 1 aliphatic heterocycles. The van der Waals surface area contributed by atoms with E-state index in [9.17, 15) is 9.50 Å². The molecule has 1 heterocycles. The Morgan fingerprint density at radius 1 is 1.39 bits per heavy atom. The SMILES string of the molecule is C=NN/C(=C(/O)CCc1ccc(C)cc1)C1Nc2cc(C#N)c(F)cc2N1C. The second-order valence-corrected chi connectivity index (χ2v) is 6.73. The number of hydrazone groups is 1. The molecule has 144 valence electrons. The molecule has 0 bridgehead atoms. The number of benzene rings is 2. The molecule has 0 saturated heterocycles. The molecule has 6 nitrogen and oxygen atoms in total. The van der Waals surface area contributed by atoms with Gasteiger partial charge in [-0.05, 0) is 25.0 Å². The monoisotopic (exact) mass is 379 g/mol. The Bertz CT molecular complexity index is 962. The van der Waals surface area contributed by atoms with E-state index >= 15 is 0 Å². The van der Waals surface area contributed by atoms with Gasteiger partial charge >= 0.3 is 0 Å². The summed E-state index contributed by atoms with van der Waals surface area (Å²) in [5.74, 6) is -0.453. The Kier molecular flexibility index (Phi) is 5.50. The molecular formula is C21H22FN5O. The molecular weight excluding hydrogens is 357 g/mol. The number of aliphatic hydroxyl groups excluding tert-OH is 1. The van der Waals surface area contributed by atoms with Crippen molar-refractivity contribution in [2.75, 3.05) is 17.3 Å². The second kappa shape index (κ2) is 8.01. The zero-order valence-corrected chi connectivity index (χ0v) is 15.8. The molecule has 1 atom stereocenters. The first-order valence-electron chi connectivity index (χ1n) is 8.87. The van der Waals surface area contributed by atoms with Gasteiger partial charge in [-0.2, -0.15) is 10.4 Å². The minimum atomic E-state index is -0.584. The lowest BCUT2D eigenvalue weighted by Crippen LogP contribution is -2.39. The van der Waals surface area contributed by atoms with Crippen LogP contribution in [0, 0.1) is 24.1 Å². The molecule has 0 fully saturated rings. The Morgan fingerprint density at radius 2 is 2.11 bits per heavy atom. The van der Waals surface area contributed by atoms with Crippen LogP contribution in [0.25, 0.3) is 0 Å². The number of rotatable bonds is 6. The highest BCUT2D eigenvalue weighted by atomic mass is 19.1. The van der Waals surface area contributed by atoms with Crippen LogP contribution >= 0.6 is 0 Å². The number of nitriles is 1. The third kappa shape index (κ3) is 3.76. The van der Waals surface area contributed by atoms with Gasteiger partial charge in [0, 0.05) is 26.3 Å². The van der Waals surface area contributed by atoms with E-state index in [1.807, 2.05) is 37.3 Å². The second-order valence-electron chi connectivity index (χ2n) is 6.73. The Morgan fingerprint density at radius 3 is 2.75 bits per heavy atom. The predicted molar refractivity (Wildman–Crippen MR) is 109 cm³/mol. The predicted octanol–water partition coefficient (Wildman–Crippen LogP) is 3.80. The van der Waals surface area contributed by atoms with Crippen molar-refractivity contribution in [3.8, 4) is 6.07 Å². The van der Waals surface area contributed by atoms with E-state index in [-0.39, 0.29) is 11.3 Å². The smallest absolute Gasteiger partial charge is 0.146 e. The summed E-state index contributed by atoms with van der Waals surface area (Å²) in [5, 5.41) is 26.7. The van der Waals surface area contributed by atoms with Gasteiger partial charge in [0.15, 0.2) is 0 Å². The summed E-state index contributed by atoms with van der Waals surface area (Å²) in [4.78, 5) is 1.77. The van der Waals surface area contributed by atoms with Crippen LogP contribution < -0.4 is 15.6 Å². The average molecular weight is 379 g/mol. The van der Waals surface area contributed by atoms with E-state index in [1.54, 1.807) is 11.9 Å². The van der Waals surface area contributed by atoms with Crippen molar-refractivity contribution in [2.45, 2.75) is 25.9 Å². The highest BCUT2D eigenvalue weighted by Crippen LogP contribution is 2.37. The van der Waals surface area contributed by atoms with Crippen LogP contribution in [0.1, 0.15) is 23.1 Å². The van der Waals surface area contributed by atoms with Crippen molar-refractivity contribution >= 4 is 18.1 Å². The molecule has 28 heavy (non-hydrogen) atoms. The van der Waals surface area contributed by atoms with Gasteiger partial charge in [-0.1, -0.05) is 29.8 Å². The van der Waals surface area contributed by atoms with Gasteiger partial charge in [-0.15, -0.1) is 0 Å². The number of hydrogen-bond acceptors (Lipinski definition) is 6. The third-order valence-corrected chi connectivity index (χ3v) is 4.82. The van der Waals surface area contributed by atoms with Crippen molar-refractivity contribution in [3.63, 3.8) is 0 Å². The zero-order chi connectivity index (χ0) is 20.3. The van der Waals surface area contributed by atoms with Gasteiger partial charge < -0.3 is 15.3 Å². The molecule has 0 aromatic heterocycles. The molecule has 0 aliphatic carbocycles. The summed E-state index contributed by atoms with van der Waals surface area (Å²) in [7, 11) is 1.77. The summed E-state index contributed by atoms with van der Waals surface area (Å²) >= 11 is 0. The van der Waals surface area contributed by atoms with Crippen molar-refractivity contribution in [1.29, 1.82) is 5.26 Å². The molecule has 3 rings (SSSR count). The number of hydrogen-bond donors (Lipinski definition) is 3. The number of allylic oxidation sites excluding steroid dienone is 1. The van der Waals surface area contributed by atoms with E-state index < -0.39 is 12.0 Å². The molecule has 2 aromatic carbocycles. The van der Waals surface area contributed by atoms with Crippen LogP contribution in [0.3, 0.4) is 0 Å². The molecule has 0 amide bonds. The van der Waals surface area contributed by atoms with Gasteiger partial charge in [-0.3, -0.25) is 5.43 Å². The van der Waals surface area contributed by atoms with Gasteiger partial charge in [-0.25, -0.2) is 4.39 Å². The maximum Gasteiger partial charge on any atom is 0.146 e. The summed E-state index contributed by atoms with van der Waals surface area (Å²) in [5.41, 5.74) is 6.65. The molecule has 1 aliphatic rings. The topological polar surface area (TPSA) is 83.7 Å². The highest BCUT2D eigenvalue weighted by Gasteiger charge is 2.32. The maximum absolute atomic E-state index is 14.0. The van der Waals surface area contributed by atoms with Crippen LogP contribution in [0.2, 0.25) is 0 Å². The van der Waals surface area contributed by atoms with Crippen molar-refractivity contribution < 1.29 is 9.50 Å². The third-order valence-electron chi connectivity index (χ3n) is 4.82. The van der Waals surface area contributed by atoms with Crippen LogP contribution in [0.5, 0.6) is 0 Å². The van der Waals surface area contributed by atoms with Crippen molar-refractivity contribution in [1.82, 2.24) is 5.43 Å². The first-order chi connectivity index (χ1) is 13.4. The number of anilines is 2. The van der Waals surface area contributed by atoms with E-state index in [1.165, 1.54) is 17.7 Å². The number of aliphatic hydroxyl groups is 1. The Labute approximate surface area is 163 Å². The lowest BCUT2D eigenvalue weighted by atomic mass is 10.1. The molecule has 7 heteroatoms. The Balaban J connectivity index is 1.84. The van der Waals surface area contributed by atoms with E-state index in [0.29, 0.717) is 29.9 Å². The molecule has 0 spiro atoms. The number of likely N-dealkylation sites (N-methyl/N-ethyl adjacent to an activating group) is 1. The highest BCUT2D eigenvalue weighted by molar-refractivity contribution is 5.78.